The Balaban J connectivity index is 1.61. The number of nitrogens with zero attached hydrogens (tertiary/aromatic N) is 4. The van der Waals surface area contributed by atoms with Crippen LogP contribution in [0.5, 0.6) is 0 Å². The van der Waals surface area contributed by atoms with E-state index in [4.69, 9.17) is 4.42 Å². The van der Waals surface area contributed by atoms with Gasteiger partial charge in [-0.05, 0) is 35.7 Å². The van der Waals surface area contributed by atoms with Crippen molar-refractivity contribution in [1.29, 1.82) is 0 Å². The lowest BCUT2D eigenvalue weighted by atomic mass is 10.1. The van der Waals surface area contributed by atoms with E-state index in [0.717, 1.165) is 28.5 Å². The third kappa shape index (κ3) is 2.91. The molecule has 0 unspecified atom stereocenters. The number of benzene rings is 2. The molecule has 3 heterocycles. The normalized spacial score (nSPS) is 11.7. The van der Waals surface area contributed by atoms with Crippen LogP contribution in [0.15, 0.2) is 67.7 Å². The Morgan fingerprint density at radius 3 is 2.70 bits per heavy atom. The lowest BCUT2D eigenvalue weighted by molar-refractivity contribution is 0.559. The van der Waals surface area contributed by atoms with Gasteiger partial charge in [-0.1, -0.05) is 43.0 Å². The molecule has 0 saturated heterocycles. The zero-order chi connectivity index (χ0) is 20.8. The minimum Gasteiger partial charge on any atom is -0.423 e. The van der Waals surface area contributed by atoms with Gasteiger partial charge in [-0.15, -0.1) is 10.2 Å². The van der Waals surface area contributed by atoms with Crippen LogP contribution in [0.4, 0.5) is 0 Å². The van der Waals surface area contributed by atoms with Crippen molar-refractivity contribution in [3.05, 3.63) is 80.4 Å². The van der Waals surface area contributed by atoms with Crippen molar-refractivity contribution in [1.82, 2.24) is 19.2 Å². The molecule has 0 spiro atoms. The average Bonchev–Trinajstić information content (AvgIpc) is 3.19. The standard InChI is InChI=1S/C22H18N4O3S/c1-3-13-8-9-15-14(11-19(27)29-18(15)10-13)12-30-22-24-23-21-25(2)20(28)16-6-4-5-7-17(16)26(21)22/h4-11H,3,12H2,1-2H3. The molecule has 0 atom stereocenters. The van der Waals surface area contributed by atoms with Crippen LogP contribution >= 0.6 is 11.8 Å². The van der Waals surface area contributed by atoms with Crippen molar-refractivity contribution in [3.63, 3.8) is 0 Å². The van der Waals surface area contributed by atoms with E-state index in [0.29, 0.717) is 27.7 Å². The van der Waals surface area contributed by atoms with Gasteiger partial charge >= 0.3 is 5.63 Å². The molecule has 0 saturated carbocycles. The van der Waals surface area contributed by atoms with Crippen molar-refractivity contribution >= 4 is 39.4 Å². The quantitative estimate of drug-likeness (QED) is 0.328. The van der Waals surface area contributed by atoms with Gasteiger partial charge in [-0.2, -0.15) is 0 Å². The lowest BCUT2D eigenvalue weighted by Crippen LogP contribution is -2.20. The van der Waals surface area contributed by atoms with E-state index in [9.17, 15) is 9.59 Å². The minimum atomic E-state index is -0.370. The maximum absolute atomic E-state index is 12.6. The summed E-state index contributed by atoms with van der Waals surface area (Å²) in [5.74, 6) is 0.997. The molecule has 3 aromatic heterocycles. The van der Waals surface area contributed by atoms with Crippen molar-refractivity contribution in [3.8, 4) is 0 Å². The molecular weight excluding hydrogens is 400 g/mol. The number of para-hydroxylation sites is 1. The highest BCUT2D eigenvalue weighted by Gasteiger charge is 2.16. The molecule has 8 heteroatoms. The molecule has 150 valence electrons. The van der Waals surface area contributed by atoms with E-state index in [2.05, 4.69) is 17.1 Å². The monoisotopic (exact) mass is 418 g/mol. The van der Waals surface area contributed by atoms with Crippen LogP contribution < -0.4 is 11.2 Å². The molecule has 0 N–H and O–H groups in total. The van der Waals surface area contributed by atoms with Gasteiger partial charge in [0, 0.05) is 24.3 Å². The smallest absolute Gasteiger partial charge is 0.336 e. The Kier molecular flexibility index (Phi) is 4.43. The first-order valence-corrected chi connectivity index (χ1v) is 10.6. The maximum atomic E-state index is 12.6. The largest absolute Gasteiger partial charge is 0.423 e. The lowest BCUT2D eigenvalue weighted by Gasteiger charge is -2.08. The van der Waals surface area contributed by atoms with Crippen molar-refractivity contribution in [2.24, 2.45) is 7.05 Å². The summed E-state index contributed by atoms with van der Waals surface area (Å²) in [4.78, 5) is 24.7. The fourth-order valence-corrected chi connectivity index (χ4v) is 4.59. The molecule has 30 heavy (non-hydrogen) atoms. The number of rotatable bonds is 4. The SMILES string of the molecule is CCc1ccc2c(CSc3nnc4n(C)c(=O)c5ccccc5n34)cc(=O)oc2c1. The Morgan fingerprint density at radius 1 is 1.03 bits per heavy atom. The van der Waals surface area contributed by atoms with Gasteiger partial charge in [0.1, 0.15) is 5.58 Å². The topological polar surface area (TPSA) is 82.4 Å². The summed E-state index contributed by atoms with van der Waals surface area (Å²) in [5.41, 5.74) is 2.86. The number of thioether (sulfide) groups is 1. The van der Waals surface area contributed by atoms with Crippen molar-refractivity contribution in [2.75, 3.05) is 0 Å². The van der Waals surface area contributed by atoms with Crippen molar-refractivity contribution < 1.29 is 4.42 Å². The maximum Gasteiger partial charge on any atom is 0.336 e. The minimum absolute atomic E-state index is 0.111. The second-order valence-corrected chi connectivity index (χ2v) is 8.01. The molecule has 0 fully saturated rings. The third-order valence-electron chi connectivity index (χ3n) is 5.26. The zero-order valence-electron chi connectivity index (χ0n) is 16.5. The molecule has 0 aliphatic heterocycles. The Labute approximate surface area is 175 Å². The van der Waals surface area contributed by atoms with Crippen LogP contribution in [0.1, 0.15) is 18.1 Å². The summed E-state index contributed by atoms with van der Waals surface area (Å²) < 4.78 is 8.78. The second-order valence-electron chi connectivity index (χ2n) is 7.06. The molecule has 0 amide bonds. The van der Waals surface area contributed by atoms with E-state index in [1.165, 1.54) is 22.4 Å². The van der Waals surface area contributed by atoms with Gasteiger partial charge in [0.25, 0.3) is 5.56 Å². The summed E-state index contributed by atoms with van der Waals surface area (Å²) >= 11 is 1.47. The van der Waals surface area contributed by atoms with Gasteiger partial charge in [0.2, 0.25) is 5.78 Å². The molecular formula is C22H18N4O3S. The predicted molar refractivity (Wildman–Crippen MR) is 117 cm³/mol. The van der Waals surface area contributed by atoms with Crippen LogP contribution in [0.25, 0.3) is 27.6 Å². The highest BCUT2D eigenvalue weighted by atomic mass is 32.2. The Hall–Kier alpha value is -3.39. The number of fused-ring (bicyclic) bond motifs is 4. The van der Waals surface area contributed by atoms with Gasteiger partial charge in [-0.3, -0.25) is 13.8 Å². The van der Waals surface area contributed by atoms with Gasteiger partial charge < -0.3 is 4.42 Å². The van der Waals surface area contributed by atoms with Crippen LogP contribution in [0, 0.1) is 0 Å². The first kappa shape index (κ1) is 18.6. The second kappa shape index (κ2) is 7.14. The van der Waals surface area contributed by atoms with E-state index in [-0.39, 0.29) is 11.2 Å². The summed E-state index contributed by atoms with van der Waals surface area (Å²) in [6.45, 7) is 2.06. The number of hydrogen-bond acceptors (Lipinski definition) is 6. The van der Waals surface area contributed by atoms with Gasteiger partial charge in [0.15, 0.2) is 5.16 Å². The molecule has 0 bridgehead atoms. The van der Waals surface area contributed by atoms with Gasteiger partial charge in [0.05, 0.1) is 10.9 Å². The Morgan fingerprint density at radius 2 is 1.87 bits per heavy atom. The molecule has 0 radical (unpaired) electrons. The predicted octanol–water partition coefficient (Wildman–Crippen LogP) is 3.54. The van der Waals surface area contributed by atoms with E-state index < -0.39 is 0 Å². The van der Waals surface area contributed by atoms with E-state index >= 15 is 0 Å². The van der Waals surface area contributed by atoms with E-state index in [1.807, 2.05) is 40.8 Å². The fraction of sp³-hybridized carbons (Fsp3) is 0.182. The third-order valence-corrected chi connectivity index (χ3v) is 6.23. The number of aromatic nitrogens is 4. The molecule has 7 nitrogen and oxygen atoms in total. The molecule has 2 aromatic carbocycles. The summed E-state index contributed by atoms with van der Waals surface area (Å²) in [6.07, 6.45) is 0.871. The Bertz CT molecular complexity index is 1550. The highest BCUT2D eigenvalue weighted by molar-refractivity contribution is 7.98. The van der Waals surface area contributed by atoms with Crippen LogP contribution in [-0.2, 0) is 19.2 Å². The van der Waals surface area contributed by atoms with E-state index in [1.54, 1.807) is 13.1 Å². The summed E-state index contributed by atoms with van der Waals surface area (Å²) in [6, 6.07) is 14.9. The summed E-state index contributed by atoms with van der Waals surface area (Å²) in [7, 11) is 1.69. The highest BCUT2D eigenvalue weighted by Crippen LogP contribution is 2.27. The van der Waals surface area contributed by atoms with Crippen molar-refractivity contribution in [2.45, 2.75) is 24.3 Å². The molecule has 5 rings (SSSR count). The first-order valence-electron chi connectivity index (χ1n) is 9.58. The molecule has 0 aliphatic rings. The number of hydrogen-bond donors (Lipinski definition) is 0. The molecule has 5 aromatic rings. The van der Waals surface area contributed by atoms with Crippen LogP contribution in [-0.4, -0.2) is 19.2 Å². The average molecular weight is 418 g/mol. The first-order chi connectivity index (χ1) is 14.6. The fourth-order valence-electron chi connectivity index (χ4n) is 3.66. The van der Waals surface area contributed by atoms with Crippen LogP contribution in [0.2, 0.25) is 0 Å². The number of aryl methyl sites for hydroxylation is 2. The van der Waals surface area contributed by atoms with Crippen LogP contribution in [0.3, 0.4) is 0 Å². The zero-order valence-corrected chi connectivity index (χ0v) is 17.3. The summed E-state index contributed by atoms with van der Waals surface area (Å²) in [5, 5.41) is 10.7. The molecule has 0 aliphatic carbocycles. The van der Waals surface area contributed by atoms with Gasteiger partial charge in [-0.25, -0.2) is 4.79 Å².